The second-order valence-corrected chi connectivity index (χ2v) is 4.48. The van der Waals surface area contributed by atoms with Gasteiger partial charge >= 0.3 is 5.69 Å². The number of benzene rings is 1. The zero-order valence-electron chi connectivity index (χ0n) is 10.4. The molecule has 19 heavy (non-hydrogen) atoms. The van der Waals surface area contributed by atoms with Crippen molar-refractivity contribution in [3.63, 3.8) is 0 Å². The number of rotatable bonds is 3. The highest BCUT2D eigenvalue weighted by molar-refractivity contribution is 5.78. The SMILES string of the molecule is CN(Cc1cc(N)n[nH]1)c1ccc2[nH]c(=O)[nH]c2c1. The first-order chi connectivity index (χ1) is 9.11. The monoisotopic (exact) mass is 258 g/mol. The lowest BCUT2D eigenvalue weighted by Gasteiger charge is -2.18. The second kappa shape index (κ2) is 4.20. The fourth-order valence-electron chi connectivity index (χ4n) is 2.07. The van der Waals surface area contributed by atoms with E-state index in [0.717, 1.165) is 22.4 Å². The predicted octanol–water partition coefficient (Wildman–Crippen LogP) is 0.798. The topological polar surface area (TPSA) is 107 Å². The summed E-state index contributed by atoms with van der Waals surface area (Å²) in [6.07, 6.45) is 0. The van der Waals surface area contributed by atoms with E-state index in [9.17, 15) is 4.79 Å². The molecule has 0 aliphatic carbocycles. The summed E-state index contributed by atoms with van der Waals surface area (Å²) in [4.78, 5) is 18.7. The molecule has 0 aliphatic rings. The van der Waals surface area contributed by atoms with Crippen molar-refractivity contribution >= 4 is 22.5 Å². The lowest BCUT2D eigenvalue weighted by Crippen LogP contribution is -2.16. The first-order valence-corrected chi connectivity index (χ1v) is 5.85. The number of aromatic amines is 3. The van der Waals surface area contributed by atoms with Crippen molar-refractivity contribution in [2.24, 2.45) is 0 Å². The Labute approximate surface area is 108 Å². The fourth-order valence-corrected chi connectivity index (χ4v) is 2.07. The molecule has 0 spiro atoms. The normalized spacial score (nSPS) is 11.0. The molecule has 7 nitrogen and oxygen atoms in total. The summed E-state index contributed by atoms with van der Waals surface area (Å²) >= 11 is 0. The number of hydrogen-bond donors (Lipinski definition) is 4. The smallest absolute Gasteiger partial charge is 0.323 e. The minimum Gasteiger partial charge on any atom is -0.382 e. The number of H-pyrrole nitrogens is 3. The lowest BCUT2D eigenvalue weighted by molar-refractivity contribution is 0.870. The molecule has 2 heterocycles. The van der Waals surface area contributed by atoms with E-state index in [2.05, 4.69) is 20.2 Å². The first-order valence-electron chi connectivity index (χ1n) is 5.85. The highest BCUT2D eigenvalue weighted by atomic mass is 16.1. The standard InChI is InChI=1S/C12H14N6O/c1-18(6-7-4-11(13)17-16-7)8-2-3-9-10(5-8)15-12(19)14-9/h2-5H,6H2,1H3,(H3,13,16,17)(H2,14,15,19). The molecule has 98 valence electrons. The van der Waals surface area contributed by atoms with Gasteiger partial charge in [-0.25, -0.2) is 4.79 Å². The fraction of sp³-hybridized carbons (Fsp3) is 0.167. The van der Waals surface area contributed by atoms with Gasteiger partial charge in [-0.3, -0.25) is 5.10 Å². The summed E-state index contributed by atoms with van der Waals surface area (Å²) in [7, 11) is 1.96. The number of aromatic nitrogens is 4. The van der Waals surface area contributed by atoms with Crippen LogP contribution in [0.15, 0.2) is 29.1 Å². The van der Waals surface area contributed by atoms with Crippen LogP contribution in [0.5, 0.6) is 0 Å². The van der Waals surface area contributed by atoms with Crippen molar-refractivity contribution in [2.45, 2.75) is 6.54 Å². The van der Waals surface area contributed by atoms with E-state index >= 15 is 0 Å². The molecule has 1 aromatic carbocycles. The molecule has 0 amide bonds. The summed E-state index contributed by atoms with van der Waals surface area (Å²) < 4.78 is 0. The summed E-state index contributed by atoms with van der Waals surface area (Å²) in [5, 5.41) is 6.76. The van der Waals surface area contributed by atoms with Gasteiger partial charge in [-0.15, -0.1) is 0 Å². The Morgan fingerprint density at radius 2 is 2.05 bits per heavy atom. The maximum absolute atomic E-state index is 11.2. The second-order valence-electron chi connectivity index (χ2n) is 4.48. The maximum Gasteiger partial charge on any atom is 0.323 e. The maximum atomic E-state index is 11.2. The Morgan fingerprint density at radius 1 is 1.26 bits per heavy atom. The minimum absolute atomic E-state index is 0.198. The van der Waals surface area contributed by atoms with Gasteiger partial charge in [0.15, 0.2) is 0 Å². The van der Waals surface area contributed by atoms with Crippen molar-refractivity contribution in [2.75, 3.05) is 17.7 Å². The third kappa shape index (κ3) is 2.17. The molecule has 0 atom stereocenters. The van der Waals surface area contributed by atoms with E-state index in [4.69, 9.17) is 5.73 Å². The Kier molecular flexibility index (Phi) is 2.52. The number of anilines is 2. The van der Waals surface area contributed by atoms with Crippen molar-refractivity contribution in [1.82, 2.24) is 20.2 Å². The average Bonchev–Trinajstić information content (AvgIpc) is 2.93. The van der Waals surface area contributed by atoms with Gasteiger partial charge < -0.3 is 20.6 Å². The lowest BCUT2D eigenvalue weighted by atomic mass is 10.2. The average molecular weight is 258 g/mol. The number of nitrogens with two attached hydrogens (primary N) is 1. The van der Waals surface area contributed by atoms with Crippen LogP contribution in [-0.2, 0) is 6.54 Å². The molecular formula is C12H14N6O. The molecule has 0 fully saturated rings. The van der Waals surface area contributed by atoms with Gasteiger partial charge in [-0.05, 0) is 18.2 Å². The van der Waals surface area contributed by atoms with Gasteiger partial charge in [0.25, 0.3) is 0 Å². The molecule has 0 bridgehead atoms. The highest BCUT2D eigenvalue weighted by Crippen LogP contribution is 2.19. The summed E-state index contributed by atoms with van der Waals surface area (Å²) in [6.45, 7) is 0.657. The van der Waals surface area contributed by atoms with Crippen molar-refractivity contribution < 1.29 is 0 Å². The van der Waals surface area contributed by atoms with E-state index in [-0.39, 0.29) is 5.69 Å². The summed E-state index contributed by atoms with van der Waals surface area (Å²) in [5.74, 6) is 0.480. The van der Waals surface area contributed by atoms with Crippen LogP contribution in [0.25, 0.3) is 11.0 Å². The molecular weight excluding hydrogens is 244 g/mol. The van der Waals surface area contributed by atoms with Crippen LogP contribution in [-0.4, -0.2) is 27.2 Å². The van der Waals surface area contributed by atoms with E-state index in [1.54, 1.807) is 6.07 Å². The van der Waals surface area contributed by atoms with Gasteiger partial charge in [0.1, 0.15) is 5.82 Å². The molecule has 3 aromatic rings. The van der Waals surface area contributed by atoms with Crippen LogP contribution >= 0.6 is 0 Å². The van der Waals surface area contributed by atoms with Crippen LogP contribution in [0, 0.1) is 0 Å². The number of fused-ring (bicyclic) bond motifs is 1. The van der Waals surface area contributed by atoms with E-state index < -0.39 is 0 Å². The number of hydrogen-bond acceptors (Lipinski definition) is 4. The zero-order valence-corrected chi connectivity index (χ0v) is 10.4. The van der Waals surface area contributed by atoms with E-state index in [1.165, 1.54) is 0 Å². The molecule has 0 saturated carbocycles. The van der Waals surface area contributed by atoms with Crippen LogP contribution in [0.3, 0.4) is 0 Å². The van der Waals surface area contributed by atoms with Gasteiger partial charge in [-0.2, -0.15) is 5.10 Å². The van der Waals surface area contributed by atoms with Gasteiger partial charge in [0.05, 0.1) is 23.3 Å². The van der Waals surface area contributed by atoms with Crippen molar-refractivity contribution in [3.05, 3.63) is 40.4 Å². The van der Waals surface area contributed by atoms with Crippen LogP contribution in [0.1, 0.15) is 5.69 Å². The number of nitrogen functional groups attached to an aromatic ring is 1. The van der Waals surface area contributed by atoms with E-state index in [1.807, 2.05) is 30.1 Å². The first kappa shape index (κ1) is 11.4. The Hall–Kier alpha value is -2.70. The number of nitrogens with one attached hydrogen (secondary N) is 3. The molecule has 0 radical (unpaired) electrons. The Bertz CT molecular complexity index is 768. The van der Waals surface area contributed by atoms with Crippen molar-refractivity contribution in [3.8, 4) is 0 Å². The molecule has 7 heteroatoms. The third-order valence-corrected chi connectivity index (χ3v) is 3.00. The molecule has 5 N–H and O–H groups in total. The van der Waals surface area contributed by atoms with Crippen LogP contribution < -0.4 is 16.3 Å². The van der Waals surface area contributed by atoms with Gasteiger partial charge in [-0.1, -0.05) is 0 Å². The molecule has 0 aliphatic heterocycles. The highest BCUT2D eigenvalue weighted by Gasteiger charge is 2.06. The van der Waals surface area contributed by atoms with Gasteiger partial charge in [0.2, 0.25) is 0 Å². The molecule has 0 unspecified atom stereocenters. The Morgan fingerprint density at radius 3 is 2.79 bits per heavy atom. The molecule has 3 rings (SSSR count). The number of imidazole rings is 1. The Balaban J connectivity index is 1.88. The zero-order chi connectivity index (χ0) is 13.4. The van der Waals surface area contributed by atoms with Crippen molar-refractivity contribution in [1.29, 1.82) is 0 Å². The van der Waals surface area contributed by atoms with Crippen LogP contribution in [0.4, 0.5) is 11.5 Å². The molecule has 2 aromatic heterocycles. The van der Waals surface area contributed by atoms with Crippen LogP contribution in [0.2, 0.25) is 0 Å². The summed E-state index contributed by atoms with van der Waals surface area (Å²) in [5.41, 5.74) is 8.89. The predicted molar refractivity (Wildman–Crippen MR) is 74.0 cm³/mol. The largest absolute Gasteiger partial charge is 0.382 e. The third-order valence-electron chi connectivity index (χ3n) is 3.00. The van der Waals surface area contributed by atoms with Gasteiger partial charge in [0, 0.05) is 18.8 Å². The quantitative estimate of drug-likeness (QED) is 0.557. The molecule has 0 saturated heterocycles. The minimum atomic E-state index is -0.198. The van der Waals surface area contributed by atoms with E-state index in [0.29, 0.717) is 12.4 Å². The number of nitrogens with zero attached hydrogens (tertiary/aromatic N) is 2. The summed E-state index contributed by atoms with van der Waals surface area (Å²) in [6, 6.07) is 7.55.